The number of alkyl halides is 4. The van der Waals surface area contributed by atoms with Crippen LogP contribution in [-0.4, -0.2) is 48.6 Å². The van der Waals surface area contributed by atoms with Gasteiger partial charge in [-0.05, 0) is 60.9 Å². The molecule has 1 aliphatic heterocycles. The maximum atomic E-state index is 15.3. The summed E-state index contributed by atoms with van der Waals surface area (Å²) in [5.41, 5.74) is -0.221. The van der Waals surface area contributed by atoms with Crippen molar-refractivity contribution in [2.24, 2.45) is 0 Å². The van der Waals surface area contributed by atoms with Gasteiger partial charge in [0.25, 0.3) is 5.91 Å². The van der Waals surface area contributed by atoms with E-state index in [0.717, 1.165) is 6.20 Å². The summed E-state index contributed by atoms with van der Waals surface area (Å²) in [5.74, 6) is -1.38. The fourth-order valence-corrected chi connectivity index (χ4v) is 4.41. The van der Waals surface area contributed by atoms with Crippen LogP contribution in [0.3, 0.4) is 0 Å². The fraction of sp³-hybridized carbons (Fsp3) is 0.346. The molecule has 2 heterocycles. The third-order valence-corrected chi connectivity index (χ3v) is 6.15. The van der Waals surface area contributed by atoms with E-state index in [-0.39, 0.29) is 29.8 Å². The number of aromatic nitrogens is 2. The molecule has 0 aliphatic carbocycles. The first kappa shape index (κ1) is 26.5. The van der Waals surface area contributed by atoms with E-state index in [1.165, 1.54) is 13.0 Å². The third kappa shape index (κ3) is 5.87. The Labute approximate surface area is 210 Å². The number of hydrogen-bond donors (Lipinski definition) is 1. The second kappa shape index (κ2) is 10.0. The molecule has 11 heteroatoms. The number of fused-ring (bicyclic) bond motifs is 1. The molecule has 1 aromatic heterocycles. The molecule has 0 spiro atoms. The predicted octanol–water partition coefficient (Wildman–Crippen LogP) is 5.60. The van der Waals surface area contributed by atoms with E-state index in [4.69, 9.17) is 4.74 Å². The molecule has 1 amide bonds. The fourth-order valence-electron chi connectivity index (χ4n) is 4.41. The van der Waals surface area contributed by atoms with Gasteiger partial charge in [0.05, 0.1) is 24.9 Å². The molecule has 0 fully saturated rings. The molecule has 0 unspecified atom stereocenters. The van der Waals surface area contributed by atoms with E-state index in [1.807, 2.05) is 4.90 Å². The molecule has 0 radical (unpaired) electrons. The van der Waals surface area contributed by atoms with Crippen molar-refractivity contribution in [1.82, 2.24) is 10.2 Å². The highest BCUT2D eigenvalue weighted by molar-refractivity contribution is 6.04. The minimum absolute atomic E-state index is 0.0674. The summed E-state index contributed by atoms with van der Waals surface area (Å²) in [5, 5.41) is 8.81. The molecule has 196 valence electrons. The summed E-state index contributed by atoms with van der Waals surface area (Å²) < 4.78 is 74.2. The van der Waals surface area contributed by atoms with E-state index in [2.05, 4.69) is 15.5 Å². The molecule has 4 rings (SSSR count). The van der Waals surface area contributed by atoms with Crippen molar-refractivity contribution < 1.29 is 31.5 Å². The van der Waals surface area contributed by atoms with Crippen LogP contribution in [0, 0.1) is 12.7 Å². The number of carbonyl (C=O) groups excluding carboxylic acids is 1. The van der Waals surface area contributed by atoms with Gasteiger partial charge in [0.1, 0.15) is 11.5 Å². The zero-order valence-corrected chi connectivity index (χ0v) is 20.4. The van der Waals surface area contributed by atoms with E-state index < -0.39 is 29.3 Å². The number of benzene rings is 2. The molecule has 0 bridgehead atoms. The lowest BCUT2D eigenvalue weighted by atomic mass is 9.88. The van der Waals surface area contributed by atoms with Crippen molar-refractivity contribution in [3.8, 4) is 11.1 Å². The van der Waals surface area contributed by atoms with Gasteiger partial charge in [-0.25, -0.2) is 8.78 Å². The van der Waals surface area contributed by atoms with Gasteiger partial charge in [-0.15, -0.1) is 5.10 Å². The highest BCUT2D eigenvalue weighted by Gasteiger charge is 2.35. The Kier molecular flexibility index (Phi) is 7.18. The Morgan fingerprint density at radius 3 is 2.65 bits per heavy atom. The Morgan fingerprint density at radius 2 is 1.95 bits per heavy atom. The lowest BCUT2D eigenvalue weighted by Gasteiger charge is -2.38. The summed E-state index contributed by atoms with van der Waals surface area (Å²) in [6.07, 6.45) is -3.75. The normalized spacial score (nSPS) is 17.5. The zero-order valence-electron chi connectivity index (χ0n) is 20.4. The Hall–Kier alpha value is -3.60. The standard InChI is InChI=1S/C26H25F5N4O2/c1-15-4-5-18(33-24(36)17-9-23(26(29,30)31)34-32-13-17)10-19(15)20-11-22-16(8-21(20)27)12-25(2,28)14-35(22)6-7-37-3/h4-5,8-11,13H,6-7,12,14H2,1-3H3,(H,33,36)/t25-/m0/s1. The Balaban J connectivity index is 1.67. The van der Waals surface area contributed by atoms with E-state index in [9.17, 15) is 22.4 Å². The molecule has 1 N–H and O–H groups in total. The maximum Gasteiger partial charge on any atom is 0.435 e. The second-order valence-electron chi connectivity index (χ2n) is 9.28. The second-order valence-corrected chi connectivity index (χ2v) is 9.28. The first-order valence-corrected chi connectivity index (χ1v) is 11.5. The molecular formula is C26H25F5N4O2. The first-order chi connectivity index (χ1) is 17.4. The highest BCUT2D eigenvalue weighted by atomic mass is 19.4. The third-order valence-electron chi connectivity index (χ3n) is 6.15. The predicted molar refractivity (Wildman–Crippen MR) is 129 cm³/mol. The van der Waals surface area contributed by atoms with Crippen LogP contribution in [0.2, 0.25) is 0 Å². The van der Waals surface area contributed by atoms with E-state index in [1.54, 1.807) is 38.3 Å². The van der Waals surface area contributed by atoms with Crippen molar-refractivity contribution in [3.63, 3.8) is 0 Å². The van der Waals surface area contributed by atoms with Gasteiger partial charge in [-0.2, -0.15) is 18.3 Å². The van der Waals surface area contributed by atoms with Crippen LogP contribution in [0.15, 0.2) is 42.6 Å². The van der Waals surface area contributed by atoms with Gasteiger partial charge >= 0.3 is 6.18 Å². The Bertz CT molecular complexity index is 1330. The van der Waals surface area contributed by atoms with Crippen molar-refractivity contribution in [2.75, 3.05) is 37.0 Å². The number of carbonyl (C=O) groups is 1. The highest BCUT2D eigenvalue weighted by Crippen LogP contribution is 2.39. The first-order valence-electron chi connectivity index (χ1n) is 11.5. The van der Waals surface area contributed by atoms with Crippen LogP contribution in [0.4, 0.5) is 33.3 Å². The molecule has 6 nitrogen and oxygen atoms in total. The van der Waals surface area contributed by atoms with Gasteiger partial charge in [0.15, 0.2) is 5.69 Å². The molecule has 1 atom stereocenters. The quantitative estimate of drug-likeness (QED) is 0.429. The summed E-state index contributed by atoms with van der Waals surface area (Å²) in [6, 6.07) is 8.36. The number of nitrogens with zero attached hydrogens (tertiary/aromatic N) is 3. The monoisotopic (exact) mass is 520 g/mol. The average molecular weight is 521 g/mol. The molecule has 1 aliphatic rings. The number of aryl methyl sites for hydroxylation is 1. The van der Waals surface area contributed by atoms with Crippen LogP contribution < -0.4 is 10.2 Å². The van der Waals surface area contributed by atoms with Gasteiger partial charge in [0.2, 0.25) is 0 Å². The Morgan fingerprint density at radius 1 is 1.19 bits per heavy atom. The number of hydrogen-bond acceptors (Lipinski definition) is 5. The number of halogens is 5. The summed E-state index contributed by atoms with van der Waals surface area (Å²) in [4.78, 5) is 14.4. The minimum atomic E-state index is -4.75. The number of anilines is 2. The topological polar surface area (TPSA) is 67.3 Å². The van der Waals surface area contributed by atoms with Crippen LogP contribution in [0.25, 0.3) is 11.1 Å². The van der Waals surface area contributed by atoms with Gasteiger partial charge in [-0.3, -0.25) is 4.79 Å². The molecule has 0 saturated heterocycles. The van der Waals surface area contributed by atoms with Crippen molar-refractivity contribution >= 4 is 17.3 Å². The average Bonchev–Trinajstić information content (AvgIpc) is 2.82. The molecular weight excluding hydrogens is 495 g/mol. The van der Waals surface area contributed by atoms with Crippen LogP contribution >= 0.6 is 0 Å². The van der Waals surface area contributed by atoms with Crippen molar-refractivity contribution in [3.05, 3.63) is 70.8 Å². The largest absolute Gasteiger partial charge is 0.435 e. The van der Waals surface area contributed by atoms with Crippen molar-refractivity contribution in [1.29, 1.82) is 0 Å². The number of methoxy groups -OCH3 is 1. The van der Waals surface area contributed by atoms with E-state index in [0.29, 0.717) is 41.6 Å². The van der Waals surface area contributed by atoms with Gasteiger partial charge < -0.3 is 15.0 Å². The van der Waals surface area contributed by atoms with E-state index >= 15 is 4.39 Å². The molecule has 37 heavy (non-hydrogen) atoms. The lowest BCUT2D eigenvalue weighted by molar-refractivity contribution is -0.141. The van der Waals surface area contributed by atoms with Crippen LogP contribution in [-0.2, 0) is 17.3 Å². The SMILES string of the molecule is COCCN1C[C@@](C)(F)Cc2cc(F)c(-c3cc(NC(=O)c4cnnc(C(F)(F)F)c4)ccc3C)cc21. The maximum absolute atomic E-state index is 15.3. The molecule has 0 saturated carbocycles. The number of amides is 1. The van der Waals surface area contributed by atoms with Crippen LogP contribution in [0.1, 0.15) is 34.1 Å². The number of ether oxygens (including phenoxy) is 1. The van der Waals surface area contributed by atoms with Crippen molar-refractivity contribution in [2.45, 2.75) is 32.1 Å². The lowest BCUT2D eigenvalue weighted by Crippen LogP contribution is -2.45. The van der Waals surface area contributed by atoms with Crippen LogP contribution in [0.5, 0.6) is 0 Å². The number of rotatable bonds is 6. The summed E-state index contributed by atoms with van der Waals surface area (Å²) >= 11 is 0. The summed E-state index contributed by atoms with van der Waals surface area (Å²) in [6.45, 7) is 4.16. The minimum Gasteiger partial charge on any atom is -0.383 e. The van der Waals surface area contributed by atoms with Gasteiger partial charge in [0, 0.05) is 37.0 Å². The molecule has 2 aromatic carbocycles. The smallest absolute Gasteiger partial charge is 0.383 e. The molecule has 3 aromatic rings. The summed E-state index contributed by atoms with van der Waals surface area (Å²) in [7, 11) is 1.55. The zero-order chi connectivity index (χ0) is 27.0. The van der Waals surface area contributed by atoms with Gasteiger partial charge in [-0.1, -0.05) is 6.07 Å². The number of nitrogens with one attached hydrogen (secondary N) is 1.